The fourth-order valence-electron chi connectivity index (χ4n) is 3.30. The average molecular weight is 470 g/mol. The predicted octanol–water partition coefficient (Wildman–Crippen LogP) is 4.93. The Morgan fingerprint density at radius 1 is 1.12 bits per heavy atom. The molecule has 0 bridgehead atoms. The zero-order valence-corrected chi connectivity index (χ0v) is 19.8. The van der Waals surface area contributed by atoms with Crippen LogP contribution in [-0.2, 0) is 9.53 Å². The number of anilines is 3. The summed E-state index contributed by atoms with van der Waals surface area (Å²) in [7, 11) is 0. The minimum absolute atomic E-state index is 0.168. The van der Waals surface area contributed by atoms with Crippen molar-refractivity contribution in [2.24, 2.45) is 0 Å². The lowest BCUT2D eigenvalue weighted by Gasteiger charge is -2.27. The van der Waals surface area contributed by atoms with E-state index in [1.807, 2.05) is 24.3 Å². The Bertz CT molecular complexity index is 1100. The summed E-state index contributed by atoms with van der Waals surface area (Å²) in [6.45, 7) is 8.54. The zero-order valence-electron chi connectivity index (χ0n) is 19.0. The van der Waals surface area contributed by atoms with Gasteiger partial charge >= 0.3 is 5.97 Å². The smallest absolute Gasteiger partial charge is 0.349 e. The molecule has 0 aliphatic heterocycles. The normalized spacial score (nSPS) is 10.7. The van der Waals surface area contributed by atoms with Crippen molar-refractivity contribution in [1.82, 2.24) is 0 Å². The highest BCUT2D eigenvalue weighted by atomic mass is 32.1. The number of benzene rings is 1. The number of nitrogens with zero attached hydrogens (tertiary/aromatic N) is 1. The number of furan rings is 1. The molecule has 0 unspecified atom stereocenters. The van der Waals surface area contributed by atoms with Crippen molar-refractivity contribution in [2.75, 3.05) is 28.7 Å². The Balaban J connectivity index is 1.52. The molecule has 1 aromatic carbocycles. The third-order valence-electron chi connectivity index (χ3n) is 4.87. The number of carbonyl (C=O) groups is 3. The molecule has 33 heavy (non-hydrogen) atoms. The van der Waals surface area contributed by atoms with Crippen LogP contribution in [0.3, 0.4) is 0 Å². The Hall–Kier alpha value is -3.59. The van der Waals surface area contributed by atoms with Gasteiger partial charge in [-0.05, 0) is 75.7 Å². The summed E-state index contributed by atoms with van der Waals surface area (Å²) in [5.74, 6) is -1.31. The summed E-state index contributed by atoms with van der Waals surface area (Å²) in [4.78, 5) is 39.3. The third kappa shape index (κ3) is 6.23. The van der Waals surface area contributed by atoms with Crippen LogP contribution in [0, 0.1) is 6.92 Å². The minimum Gasteiger partial charge on any atom is -0.459 e. The molecule has 8 nitrogen and oxygen atoms in total. The molecule has 174 valence electrons. The Morgan fingerprint density at radius 3 is 2.45 bits per heavy atom. The molecular weight excluding hydrogens is 442 g/mol. The van der Waals surface area contributed by atoms with Gasteiger partial charge in [-0.1, -0.05) is 0 Å². The van der Waals surface area contributed by atoms with Gasteiger partial charge < -0.3 is 24.7 Å². The maximum atomic E-state index is 12.4. The summed E-state index contributed by atoms with van der Waals surface area (Å²) in [6.07, 6.45) is 1.41. The number of aryl methyl sites for hydroxylation is 1. The highest BCUT2D eigenvalue weighted by Crippen LogP contribution is 2.28. The maximum Gasteiger partial charge on any atom is 0.349 e. The number of esters is 1. The van der Waals surface area contributed by atoms with Crippen LogP contribution in [0.25, 0.3) is 0 Å². The Kier molecular flexibility index (Phi) is 7.89. The van der Waals surface area contributed by atoms with E-state index in [2.05, 4.69) is 36.3 Å². The van der Waals surface area contributed by atoms with Crippen LogP contribution < -0.4 is 15.5 Å². The van der Waals surface area contributed by atoms with Gasteiger partial charge in [-0.2, -0.15) is 0 Å². The van der Waals surface area contributed by atoms with Crippen LogP contribution in [0.2, 0.25) is 0 Å². The molecule has 9 heteroatoms. The van der Waals surface area contributed by atoms with Gasteiger partial charge in [-0.15, -0.1) is 11.3 Å². The quantitative estimate of drug-likeness (QED) is 0.431. The van der Waals surface area contributed by atoms with E-state index in [-0.39, 0.29) is 5.76 Å². The van der Waals surface area contributed by atoms with Crippen LogP contribution in [-0.4, -0.2) is 37.0 Å². The molecule has 3 aromatic rings. The molecule has 0 spiro atoms. The molecule has 2 N–H and O–H groups in total. The first-order valence-corrected chi connectivity index (χ1v) is 11.4. The van der Waals surface area contributed by atoms with Gasteiger partial charge in [0.15, 0.2) is 12.4 Å². The van der Waals surface area contributed by atoms with Crippen LogP contribution in [0.5, 0.6) is 0 Å². The molecule has 2 heterocycles. The van der Waals surface area contributed by atoms with E-state index < -0.39 is 24.4 Å². The van der Waals surface area contributed by atoms with Gasteiger partial charge in [0.25, 0.3) is 11.8 Å². The molecule has 0 saturated carbocycles. The van der Waals surface area contributed by atoms with E-state index in [0.29, 0.717) is 27.2 Å². The van der Waals surface area contributed by atoms with Gasteiger partial charge in [0.1, 0.15) is 4.88 Å². The van der Waals surface area contributed by atoms with Crippen molar-refractivity contribution < 1.29 is 23.5 Å². The van der Waals surface area contributed by atoms with Crippen molar-refractivity contribution in [3.05, 3.63) is 64.9 Å². The first-order chi connectivity index (χ1) is 15.8. The van der Waals surface area contributed by atoms with Gasteiger partial charge in [0.05, 0.1) is 11.3 Å². The Labute approximate surface area is 196 Å². The van der Waals surface area contributed by atoms with Gasteiger partial charge in [-0.3, -0.25) is 9.59 Å². The SMILES string of the molecule is CCN(c1ccc(NC(=O)COC(=O)c2sc(NC(=O)c3ccco3)cc2C)cc1)C(C)C. The molecule has 0 aliphatic rings. The third-order valence-corrected chi connectivity index (χ3v) is 6.00. The number of carbonyl (C=O) groups excluding carboxylic acids is 3. The van der Waals surface area contributed by atoms with E-state index in [0.717, 1.165) is 23.6 Å². The van der Waals surface area contributed by atoms with Gasteiger partial charge in [0, 0.05) is 24.0 Å². The van der Waals surface area contributed by atoms with Crippen LogP contribution >= 0.6 is 11.3 Å². The molecule has 0 radical (unpaired) electrons. The van der Waals surface area contributed by atoms with Crippen LogP contribution in [0.1, 0.15) is 46.6 Å². The van der Waals surface area contributed by atoms with Gasteiger partial charge in [-0.25, -0.2) is 4.79 Å². The highest BCUT2D eigenvalue weighted by molar-refractivity contribution is 7.18. The summed E-state index contributed by atoms with van der Waals surface area (Å²) < 4.78 is 10.2. The first-order valence-electron chi connectivity index (χ1n) is 10.6. The monoisotopic (exact) mass is 469 g/mol. The van der Waals surface area contributed by atoms with Crippen molar-refractivity contribution in [1.29, 1.82) is 0 Å². The van der Waals surface area contributed by atoms with Gasteiger partial charge in [0.2, 0.25) is 0 Å². The number of rotatable bonds is 9. The number of hydrogen-bond donors (Lipinski definition) is 2. The van der Waals surface area contributed by atoms with Crippen molar-refractivity contribution >= 4 is 45.5 Å². The second-order valence-corrected chi connectivity index (χ2v) is 8.66. The van der Waals surface area contributed by atoms with E-state index >= 15 is 0 Å². The topological polar surface area (TPSA) is 101 Å². The highest BCUT2D eigenvalue weighted by Gasteiger charge is 2.19. The first kappa shape index (κ1) is 24.1. The molecule has 0 aliphatic carbocycles. The molecule has 0 atom stereocenters. The summed E-state index contributed by atoms with van der Waals surface area (Å²) in [5, 5.41) is 5.88. The van der Waals surface area contributed by atoms with E-state index in [1.54, 1.807) is 25.1 Å². The molecule has 2 amide bonds. The summed E-state index contributed by atoms with van der Waals surface area (Å²) in [5.41, 5.74) is 2.33. The molecule has 3 rings (SSSR count). The number of ether oxygens (including phenoxy) is 1. The molecule has 0 fully saturated rings. The molecule has 0 saturated heterocycles. The standard InChI is InChI=1S/C24H27N3O5S/c1-5-27(15(2)3)18-10-8-17(9-11-18)25-20(28)14-32-24(30)22-16(4)13-21(33-22)26-23(29)19-7-6-12-31-19/h6-13,15H,5,14H2,1-4H3,(H,25,28)(H,26,29). The second kappa shape index (κ2) is 10.8. The summed E-state index contributed by atoms with van der Waals surface area (Å²) in [6, 6.07) is 12.7. The fourth-order valence-corrected chi connectivity index (χ4v) is 4.26. The van der Waals surface area contributed by atoms with E-state index in [9.17, 15) is 14.4 Å². The lowest BCUT2D eigenvalue weighted by Crippen LogP contribution is -2.30. The van der Waals surface area contributed by atoms with Crippen molar-refractivity contribution in [2.45, 2.75) is 33.7 Å². The largest absolute Gasteiger partial charge is 0.459 e. The maximum absolute atomic E-state index is 12.4. The molecular formula is C24H27N3O5S. The lowest BCUT2D eigenvalue weighted by atomic mass is 10.2. The number of thiophene rings is 1. The van der Waals surface area contributed by atoms with Crippen molar-refractivity contribution in [3.63, 3.8) is 0 Å². The Morgan fingerprint density at radius 2 is 1.85 bits per heavy atom. The van der Waals surface area contributed by atoms with E-state index in [1.165, 1.54) is 6.26 Å². The molecule has 2 aromatic heterocycles. The lowest BCUT2D eigenvalue weighted by molar-refractivity contribution is -0.119. The van der Waals surface area contributed by atoms with Crippen molar-refractivity contribution in [3.8, 4) is 0 Å². The number of nitrogens with one attached hydrogen (secondary N) is 2. The second-order valence-electron chi connectivity index (χ2n) is 7.61. The predicted molar refractivity (Wildman–Crippen MR) is 129 cm³/mol. The van der Waals surface area contributed by atoms with E-state index in [4.69, 9.17) is 9.15 Å². The van der Waals surface area contributed by atoms with Crippen LogP contribution in [0.4, 0.5) is 16.4 Å². The average Bonchev–Trinajstić information content (AvgIpc) is 3.43. The van der Waals surface area contributed by atoms with Crippen LogP contribution in [0.15, 0.2) is 53.1 Å². The number of hydrogen-bond acceptors (Lipinski definition) is 7. The zero-order chi connectivity index (χ0) is 24.0. The summed E-state index contributed by atoms with van der Waals surface area (Å²) >= 11 is 1.07. The number of amides is 2. The minimum atomic E-state index is -0.628. The fraction of sp³-hybridized carbons (Fsp3) is 0.292.